The van der Waals surface area contributed by atoms with Gasteiger partial charge in [-0.05, 0) is 12.0 Å². The number of aliphatic hydroxyl groups excluding tert-OH is 1. The van der Waals surface area contributed by atoms with Gasteiger partial charge in [-0.3, -0.25) is 4.57 Å². The quantitative estimate of drug-likeness (QED) is 0.461. The summed E-state index contributed by atoms with van der Waals surface area (Å²) in [7, 11) is 1.54. The Morgan fingerprint density at radius 3 is 2.62 bits per heavy atom. The van der Waals surface area contributed by atoms with Crippen LogP contribution in [0.15, 0.2) is 18.3 Å². The second-order valence-electron chi connectivity index (χ2n) is 6.38. The Balaban J connectivity index is 1.85. The number of nitrogens with two attached hydrogens (primary N) is 1. The van der Waals surface area contributed by atoms with E-state index in [4.69, 9.17) is 25.1 Å². The standard InChI is InChI=1S/C19H26N6O4/c1-3-4-9-29-18-23-16(20)15-17(24-18)25(19(22-15)27-2)12-13-6-7-14(21-11-13)28-10-5-8-26/h6-7,11,26H,3-5,8-10,12H2,1-2H3,(H2,20,23,24). The van der Waals surface area contributed by atoms with Crippen molar-refractivity contribution in [2.24, 2.45) is 0 Å². The number of ether oxygens (including phenoxy) is 3. The number of anilines is 1. The maximum Gasteiger partial charge on any atom is 0.320 e. The van der Waals surface area contributed by atoms with Crippen molar-refractivity contribution < 1.29 is 19.3 Å². The van der Waals surface area contributed by atoms with Gasteiger partial charge in [-0.15, -0.1) is 0 Å². The van der Waals surface area contributed by atoms with Gasteiger partial charge in [0.1, 0.15) is 0 Å². The number of hydrogen-bond acceptors (Lipinski definition) is 9. The molecule has 0 bridgehead atoms. The van der Waals surface area contributed by atoms with E-state index in [1.165, 1.54) is 7.11 Å². The van der Waals surface area contributed by atoms with Gasteiger partial charge in [-0.25, -0.2) is 4.98 Å². The molecule has 0 saturated carbocycles. The third kappa shape index (κ3) is 5.02. The Morgan fingerprint density at radius 1 is 1.10 bits per heavy atom. The number of aliphatic hydroxyl groups is 1. The first kappa shape index (κ1) is 20.6. The number of nitrogens with zero attached hydrogens (tertiary/aromatic N) is 5. The van der Waals surface area contributed by atoms with E-state index in [0.717, 1.165) is 18.4 Å². The van der Waals surface area contributed by atoms with Crippen molar-refractivity contribution in [1.29, 1.82) is 0 Å². The van der Waals surface area contributed by atoms with Crippen LogP contribution in [-0.2, 0) is 6.54 Å². The van der Waals surface area contributed by atoms with Gasteiger partial charge < -0.3 is 25.1 Å². The number of aromatic nitrogens is 5. The first-order chi connectivity index (χ1) is 14.2. The minimum Gasteiger partial charge on any atom is -0.478 e. The summed E-state index contributed by atoms with van der Waals surface area (Å²) >= 11 is 0. The topological polar surface area (TPSA) is 130 Å². The van der Waals surface area contributed by atoms with E-state index in [9.17, 15) is 0 Å². The van der Waals surface area contributed by atoms with Crippen molar-refractivity contribution in [1.82, 2.24) is 24.5 Å². The summed E-state index contributed by atoms with van der Waals surface area (Å²) in [5, 5.41) is 8.82. The average molecular weight is 402 g/mol. The molecule has 0 radical (unpaired) electrons. The Hall–Kier alpha value is -3.14. The molecule has 0 unspecified atom stereocenters. The molecule has 3 aromatic rings. The van der Waals surface area contributed by atoms with Crippen LogP contribution in [0.25, 0.3) is 11.2 Å². The van der Waals surface area contributed by atoms with E-state index in [1.807, 2.05) is 6.07 Å². The maximum absolute atomic E-state index is 8.82. The Labute approximate surface area is 168 Å². The molecule has 156 valence electrons. The average Bonchev–Trinajstić information content (AvgIpc) is 3.08. The lowest BCUT2D eigenvalue weighted by atomic mass is 10.3. The van der Waals surface area contributed by atoms with Gasteiger partial charge in [0.05, 0.1) is 26.9 Å². The van der Waals surface area contributed by atoms with Crippen molar-refractivity contribution in [2.45, 2.75) is 32.7 Å². The van der Waals surface area contributed by atoms with Crippen LogP contribution < -0.4 is 19.9 Å². The lowest BCUT2D eigenvalue weighted by Crippen LogP contribution is -2.07. The van der Waals surface area contributed by atoms with Crippen LogP contribution in [0.3, 0.4) is 0 Å². The summed E-state index contributed by atoms with van der Waals surface area (Å²) in [6.45, 7) is 3.53. The highest BCUT2D eigenvalue weighted by atomic mass is 16.5. The normalized spacial score (nSPS) is 11.0. The van der Waals surface area contributed by atoms with Gasteiger partial charge in [0.25, 0.3) is 6.01 Å². The molecule has 0 fully saturated rings. The van der Waals surface area contributed by atoms with Crippen LogP contribution in [0, 0.1) is 0 Å². The fourth-order valence-electron chi connectivity index (χ4n) is 2.67. The fraction of sp³-hybridized carbons (Fsp3) is 0.474. The molecule has 0 atom stereocenters. The molecular formula is C19H26N6O4. The van der Waals surface area contributed by atoms with Gasteiger partial charge in [0.15, 0.2) is 17.0 Å². The van der Waals surface area contributed by atoms with Gasteiger partial charge in [-0.2, -0.15) is 15.0 Å². The van der Waals surface area contributed by atoms with Crippen molar-refractivity contribution in [3.05, 3.63) is 23.9 Å². The molecule has 29 heavy (non-hydrogen) atoms. The lowest BCUT2D eigenvalue weighted by molar-refractivity contribution is 0.229. The van der Waals surface area contributed by atoms with Crippen LogP contribution in [0.1, 0.15) is 31.7 Å². The molecule has 0 aliphatic rings. The molecule has 0 aliphatic heterocycles. The van der Waals surface area contributed by atoms with E-state index in [1.54, 1.807) is 16.8 Å². The fourth-order valence-corrected chi connectivity index (χ4v) is 2.67. The Bertz CT molecular complexity index is 929. The number of fused-ring (bicyclic) bond motifs is 1. The van der Waals surface area contributed by atoms with Crippen molar-refractivity contribution in [3.8, 4) is 17.9 Å². The van der Waals surface area contributed by atoms with Crippen molar-refractivity contribution in [2.75, 3.05) is 32.7 Å². The molecule has 10 heteroatoms. The third-order valence-electron chi connectivity index (χ3n) is 4.17. The summed E-state index contributed by atoms with van der Waals surface area (Å²) < 4.78 is 18.3. The molecule has 0 saturated heterocycles. The van der Waals surface area contributed by atoms with Crippen LogP contribution in [0.4, 0.5) is 5.82 Å². The van der Waals surface area contributed by atoms with E-state index in [-0.39, 0.29) is 18.4 Å². The highest BCUT2D eigenvalue weighted by Gasteiger charge is 2.18. The second-order valence-corrected chi connectivity index (χ2v) is 6.38. The van der Waals surface area contributed by atoms with Gasteiger partial charge in [0, 0.05) is 25.3 Å². The number of hydrogen-bond donors (Lipinski definition) is 2. The number of unbranched alkanes of at least 4 members (excludes halogenated alkanes) is 1. The van der Waals surface area contributed by atoms with Crippen LogP contribution >= 0.6 is 0 Å². The zero-order valence-corrected chi connectivity index (χ0v) is 16.7. The monoisotopic (exact) mass is 402 g/mol. The second kappa shape index (κ2) is 9.87. The zero-order valence-electron chi connectivity index (χ0n) is 16.7. The van der Waals surface area contributed by atoms with Crippen molar-refractivity contribution >= 4 is 17.0 Å². The highest BCUT2D eigenvalue weighted by molar-refractivity contribution is 5.83. The van der Waals surface area contributed by atoms with Gasteiger partial charge >= 0.3 is 6.01 Å². The number of nitrogen functional groups attached to an aromatic ring is 1. The molecule has 3 rings (SSSR count). The molecular weight excluding hydrogens is 376 g/mol. The number of rotatable bonds is 11. The minimum atomic E-state index is 0.0840. The van der Waals surface area contributed by atoms with Crippen molar-refractivity contribution in [3.63, 3.8) is 0 Å². The van der Waals surface area contributed by atoms with Crippen LogP contribution in [-0.4, -0.2) is 56.5 Å². The molecule has 0 aliphatic carbocycles. The number of pyridine rings is 1. The van der Waals surface area contributed by atoms with Gasteiger partial charge in [-0.1, -0.05) is 19.4 Å². The van der Waals surface area contributed by atoms with E-state index in [0.29, 0.717) is 49.2 Å². The molecule has 10 nitrogen and oxygen atoms in total. The Kier molecular flexibility index (Phi) is 7.01. The lowest BCUT2D eigenvalue weighted by Gasteiger charge is -2.09. The highest BCUT2D eigenvalue weighted by Crippen LogP contribution is 2.26. The maximum atomic E-state index is 8.82. The summed E-state index contributed by atoms with van der Waals surface area (Å²) in [4.78, 5) is 17.4. The number of methoxy groups -OCH3 is 1. The zero-order chi connectivity index (χ0) is 20.6. The molecule has 3 aromatic heterocycles. The van der Waals surface area contributed by atoms with E-state index in [2.05, 4.69) is 26.9 Å². The molecule has 3 heterocycles. The molecule has 0 amide bonds. The molecule has 3 N–H and O–H groups in total. The van der Waals surface area contributed by atoms with Crippen LogP contribution in [0.2, 0.25) is 0 Å². The molecule has 0 spiro atoms. The SMILES string of the molecule is CCCCOc1nc(N)c2nc(OC)n(Cc3ccc(OCCCO)nc3)c2n1. The minimum absolute atomic E-state index is 0.0840. The summed E-state index contributed by atoms with van der Waals surface area (Å²) in [6, 6.07) is 4.27. The van der Waals surface area contributed by atoms with Gasteiger partial charge in [0.2, 0.25) is 5.88 Å². The summed E-state index contributed by atoms with van der Waals surface area (Å²) in [6.07, 6.45) is 4.19. The first-order valence-corrected chi connectivity index (χ1v) is 9.55. The Morgan fingerprint density at radius 2 is 1.93 bits per heavy atom. The largest absolute Gasteiger partial charge is 0.478 e. The summed E-state index contributed by atoms with van der Waals surface area (Å²) in [5.74, 6) is 0.743. The molecule has 0 aromatic carbocycles. The number of imidazole rings is 1. The predicted octanol–water partition coefficient (Wildman–Crippen LogP) is 1.80. The summed E-state index contributed by atoms with van der Waals surface area (Å²) in [5.41, 5.74) is 7.96. The predicted molar refractivity (Wildman–Crippen MR) is 107 cm³/mol. The first-order valence-electron chi connectivity index (χ1n) is 9.55. The van der Waals surface area contributed by atoms with E-state index < -0.39 is 0 Å². The smallest absolute Gasteiger partial charge is 0.320 e. The van der Waals surface area contributed by atoms with E-state index >= 15 is 0 Å². The van der Waals surface area contributed by atoms with Crippen LogP contribution in [0.5, 0.6) is 17.9 Å². The third-order valence-corrected chi connectivity index (χ3v) is 4.17.